The van der Waals surface area contributed by atoms with Crippen molar-refractivity contribution in [3.8, 4) is 11.5 Å². The van der Waals surface area contributed by atoms with Crippen LogP contribution in [0.2, 0.25) is 0 Å². The van der Waals surface area contributed by atoms with Crippen LogP contribution in [0.5, 0.6) is 11.5 Å². The summed E-state index contributed by atoms with van der Waals surface area (Å²) < 4.78 is 20.9. The maximum atomic E-state index is 12.8. The minimum absolute atomic E-state index is 0.129. The van der Waals surface area contributed by atoms with E-state index in [4.69, 9.17) is 18.6 Å². The molecule has 0 radical (unpaired) electrons. The molecule has 144 valence electrons. The summed E-state index contributed by atoms with van der Waals surface area (Å²) in [6, 6.07) is 6.19. The summed E-state index contributed by atoms with van der Waals surface area (Å²) in [7, 11) is 2.95. The molecule has 2 N–H and O–H groups in total. The molecule has 1 aromatic heterocycles. The van der Waals surface area contributed by atoms with Gasteiger partial charge in [0.2, 0.25) is 0 Å². The van der Waals surface area contributed by atoms with Crippen molar-refractivity contribution in [2.75, 3.05) is 45.8 Å². The molecule has 0 aliphatic carbocycles. The van der Waals surface area contributed by atoms with Gasteiger partial charge in [-0.2, -0.15) is 0 Å². The lowest BCUT2D eigenvalue weighted by Gasteiger charge is -2.27. The Morgan fingerprint density at radius 3 is 2.41 bits per heavy atom. The van der Waals surface area contributed by atoms with Crippen LogP contribution in [0.4, 0.5) is 5.69 Å². The number of carbonyl (C=O) groups is 2. The highest BCUT2D eigenvalue weighted by Gasteiger charge is 2.22. The molecular formula is C18H21N3O6. The number of ether oxygens (including phenoxy) is 3. The van der Waals surface area contributed by atoms with Crippen LogP contribution in [0.25, 0.3) is 0 Å². The first-order chi connectivity index (χ1) is 13.1. The second-order valence-electron chi connectivity index (χ2n) is 5.72. The van der Waals surface area contributed by atoms with Gasteiger partial charge in [-0.1, -0.05) is 0 Å². The average Bonchev–Trinajstić information content (AvgIpc) is 3.23. The third-order valence-corrected chi connectivity index (χ3v) is 4.03. The molecule has 1 saturated heterocycles. The van der Waals surface area contributed by atoms with E-state index in [9.17, 15) is 9.59 Å². The van der Waals surface area contributed by atoms with Crippen molar-refractivity contribution in [3.05, 3.63) is 41.9 Å². The van der Waals surface area contributed by atoms with E-state index in [0.717, 1.165) is 0 Å². The molecule has 1 aliphatic rings. The van der Waals surface area contributed by atoms with Gasteiger partial charge in [-0.15, -0.1) is 0 Å². The average molecular weight is 375 g/mol. The monoisotopic (exact) mass is 375 g/mol. The van der Waals surface area contributed by atoms with Gasteiger partial charge in [0, 0.05) is 19.2 Å². The van der Waals surface area contributed by atoms with Gasteiger partial charge in [-0.3, -0.25) is 15.0 Å². The molecule has 3 rings (SSSR count). The summed E-state index contributed by atoms with van der Waals surface area (Å²) >= 11 is 0. The van der Waals surface area contributed by atoms with E-state index < -0.39 is 5.91 Å². The van der Waals surface area contributed by atoms with Gasteiger partial charge >= 0.3 is 0 Å². The molecule has 9 nitrogen and oxygen atoms in total. The smallest absolute Gasteiger partial charge is 0.291 e. The summed E-state index contributed by atoms with van der Waals surface area (Å²) in [6.07, 6.45) is 1.40. The van der Waals surface area contributed by atoms with Gasteiger partial charge in [-0.25, -0.2) is 5.01 Å². The van der Waals surface area contributed by atoms with E-state index in [1.165, 1.54) is 38.7 Å². The van der Waals surface area contributed by atoms with E-state index in [1.807, 2.05) is 0 Å². The van der Waals surface area contributed by atoms with Crippen molar-refractivity contribution in [1.29, 1.82) is 0 Å². The molecule has 1 aromatic carbocycles. The van der Waals surface area contributed by atoms with Gasteiger partial charge in [0.05, 0.1) is 44.9 Å². The number of hydrogen-bond donors (Lipinski definition) is 2. The number of morpholine rings is 1. The highest BCUT2D eigenvalue weighted by Crippen LogP contribution is 2.33. The zero-order chi connectivity index (χ0) is 19.2. The molecule has 1 fully saturated rings. The fraction of sp³-hybridized carbons (Fsp3) is 0.333. The Morgan fingerprint density at radius 2 is 1.78 bits per heavy atom. The van der Waals surface area contributed by atoms with Crippen LogP contribution in [0.3, 0.4) is 0 Å². The number of nitrogens with zero attached hydrogens (tertiary/aromatic N) is 1. The van der Waals surface area contributed by atoms with E-state index in [2.05, 4.69) is 10.7 Å². The lowest BCUT2D eigenvalue weighted by atomic mass is 10.1. The van der Waals surface area contributed by atoms with Crippen LogP contribution in [-0.4, -0.2) is 57.3 Å². The Labute approximate surface area is 156 Å². The van der Waals surface area contributed by atoms with Crippen LogP contribution >= 0.6 is 0 Å². The zero-order valence-corrected chi connectivity index (χ0v) is 15.1. The molecule has 0 spiro atoms. The fourth-order valence-corrected chi connectivity index (χ4v) is 2.64. The zero-order valence-electron chi connectivity index (χ0n) is 15.1. The van der Waals surface area contributed by atoms with Crippen LogP contribution < -0.4 is 20.2 Å². The summed E-state index contributed by atoms with van der Waals surface area (Å²) in [5.41, 5.74) is 3.33. The molecule has 2 amide bonds. The second-order valence-corrected chi connectivity index (χ2v) is 5.72. The molecular weight excluding hydrogens is 354 g/mol. The molecule has 1 aliphatic heterocycles. The normalized spacial score (nSPS) is 14.4. The molecule has 0 saturated carbocycles. The number of furan rings is 1. The maximum absolute atomic E-state index is 12.8. The molecule has 2 heterocycles. The van der Waals surface area contributed by atoms with Crippen molar-refractivity contribution >= 4 is 17.5 Å². The molecule has 2 aromatic rings. The first-order valence-electron chi connectivity index (χ1n) is 8.37. The highest BCUT2D eigenvalue weighted by atomic mass is 16.5. The Morgan fingerprint density at radius 1 is 1.07 bits per heavy atom. The second kappa shape index (κ2) is 8.56. The number of anilines is 1. The predicted octanol–water partition coefficient (Wildman–Crippen LogP) is 1.53. The van der Waals surface area contributed by atoms with E-state index in [-0.39, 0.29) is 22.9 Å². The molecule has 27 heavy (non-hydrogen) atoms. The number of amides is 2. The number of rotatable bonds is 6. The van der Waals surface area contributed by atoms with Crippen LogP contribution in [0, 0.1) is 0 Å². The number of methoxy groups -OCH3 is 2. The Hall–Kier alpha value is -3.04. The topological polar surface area (TPSA) is 102 Å². The van der Waals surface area contributed by atoms with Crippen LogP contribution in [0.1, 0.15) is 20.9 Å². The van der Waals surface area contributed by atoms with Crippen LogP contribution in [0.15, 0.2) is 34.9 Å². The number of nitrogens with one attached hydrogen (secondary N) is 2. The number of benzene rings is 1. The van der Waals surface area contributed by atoms with E-state index in [1.54, 1.807) is 11.1 Å². The minimum Gasteiger partial charge on any atom is -0.493 e. The van der Waals surface area contributed by atoms with Gasteiger partial charge in [0.25, 0.3) is 11.8 Å². The Kier molecular flexibility index (Phi) is 5.94. The summed E-state index contributed by atoms with van der Waals surface area (Å²) in [6.45, 7) is 2.23. The molecule has 0 atom stereocenters. The Balaban J connectivity index is 1.89. The van der Waals surface area contributed by atoms with Crippen molar-refractivity contribution in [2.45, 2.75) is 0 Å². The number of carbonyl (C=O) groups excluding carboxylic acids is 2. The lowest BCUT2D eigenvalue weighted by Crippen LogP contribution is -2.48. The molecule has 9 heteroatoms. The Bertz CT molecular complexity index is 800. The van der Waals surface area contributed by atoms with E-state index in [0.29, 0.717) is 37.8 Å². The minimum atomic E-state index is -0.479. The first kappa shape index (κ1) is 18.7. The molecule has 0 unspecified atom stereocenters. The summed E-state index contributed by atoms with van der Waals surface area (Å²) in [5, 5.41) is 4.45. The number of hydrogen-bond acceptors (Lipinski definition) is 7. The van der Waals surface area contributed by atoms with Crippen LogP contribution in [-0.2, 0) is 4.74 Å². The highest BCUT2D eigenvalue weighted by molar-refractivity contribution is 6.08. The van der Waals surface area contributed by atoms with Gasteiger partial charge < -0.3 is 23.9 Å². The van der Waals surface area contributed by atoms with Crippen molar-refractivity contribution in [2.24, 2.45) is 0 Å². The SMILES string of the molecule is COc1cc(NC(=O)c2ccco2)c(C(=O)NN2CCOCC2)cc1OC. The molecule has 0 bridgehead atoms. The van der Waals surface area contributed by atoms with Gasteiger partial charge in [0.1, 0.15) is 0 Å². The van der Waals surface area contributed by atoms with Gasteiger partial charge in [0.15, 0.2) is 17.3 Å². The lowest BCUT2D eigenvalue weighted by molar-refractivity contribution is 0.0126. The standard InChI is InChI=1S/C18H21N3O6/c1-24-15-10-12(17(22)20-21-5-8-26-9-6-21)13(11-16(15)25-2)19-18(23)14-4-3-7-27-14/h3-4,7,10-11H,5-6,8-9H2,1-2H3,(H,19,23)(H,20,22). The predicted molar refractivity (Wildman–Crippen MR) is 96.1 cm³/mol. The summed E-state index contributed by atoms with van der Waals surface area (Å²) in [5.74, 6) is 0.0281. The van der Waals surface area contributed by atoms with Gasteiger partial charge in [-0.05, 0) is 18.2 Å². The maximum Gasteiger partial charge on any atom is 0.291 e. The third-order valence-electron chi connectivity index (χ3n) is 4.03. The van der Waals surface area contributed by atoms with Crippen molar-refractivity contribution in [3.63, 3.8) is 0 Å². The van der Waals surface area contributed by atoms with Crippen molar-refractivity contribution < 1.29 is 28.2 Å². The van der Waals surface area contributed by atoms with E-state index >= 15 is 0 Å². The summed E-state index contributed by atoms with van der Waals surface area (Å²) in [4.78, 5) is 25.2. The quantitative estimate of drug-likeness (QED) is 0.789. The first-order valence-corrected chi connectivity index (χ1v) is 8.37. The number of hydrazine groups is 1. The van der Waals surface area contributed by atoms with Crippen molar-refractivity contribution in [1.82, 2.24) is 10.4 Å². The largest absolute Gasteiger partial charge is 0.493 e. The fourth-order valence-electron chi connectivity index (χ4n) is 2.64. The third kappa shape index (κ3) is 4.39.